The standard InChI is InChI=1S/C24H25N3O3S/c1-15-9-10-16(2)22(17(15)3)30-14-21(28)26-24-25-19-11-12-27(13-20(19)31-24)23(29)18-7-5-4-6-8-18/h4-10H,11-14H2,1-3H3,(H,25,26,28). The maximum Gasteiger partial charge on any atom is 0.264 e. The minimum absolute atomic E-state index is 0.0162. The number of nitrogens with one attached hydrogen (secondary N) is 1. The van der Waals surface area contributed by atoms with Gasteiger partial charge in [0, 0.05) is 23.4 Å². The van der Waals surface area contributed by atoms with Gasteiger partial charge in [0.05, 0.1) is 12.2 Å². The Morgan fingerprint density at radius 1 is 1.10 bits per heavy atom. The number of ether oxygens (including phenoxy) is 1. The Kier molecular flexibility index (Phi) is 6.04. The molecule has 7 heteroatoms. The lowest BCUT2D eigenvalue weighted by atomic mass is 10.1. The third kappa shape index (κ3) is 4.61. The van der Waals surface area contributed by atoms with Crippen LogP contribution in [0.5, 0.6) is 5.75 Å². The summed E-state index contributed by atoms with van der Waals surface area (Å²) in [7, 11) is 0. The number of anilines is 1. The zero-order valence-electron chi connectivity index (χ0n) is 17.9. The van der Waals surface area contributed by atoms with E-state index in [0.29, 0.717) is 30.2 Å². The lowest BCUT2D eigenvalue weighted by Gasteiger charge is -2.26. The third-order valence-electron chi connectivity index (χ3n) is 5.51. The molecule has 0 fully saturated rings. The molecule has 0 saturated heterocycles. The van der Waals surface area contributed by atoms with Gasteiger partial charge in [0.2, 0.25) is 0 Å². The highest BCUT2D eigenvalue weighted by Gasteiger charge is 2.25. The van der Waals surface area contributed by atoms with Crippen LogP contribution in [0.25, 0.3) is 0 Å². The predicted molar refractivity (Wildman–Crippen MR) is 122 cm³/mol. The SMILES string of the molecule is Cc1ccc(C)c(OCC(=O)Nc2nc3c(s2)CN(C(=O)c2ccccc2)CC3)c1C. The number of aromatic nitrogens is 1. The van der Waals surface area contributed by atoms with E-state index >= 15 is 0 Å². The Morgan fingerprint density at radius 2 is 1.84 bits per heavy atom. The Morgan fingerprint density at radius 3 is 2.61 bits per heavy atom. The summed E-state index contributed by atoms with van der Waals surface area (Å²) < 4.78 is 5.79. The van der Waals surface area contributed by atoms with Crippen LogP contribution in [0.4, 0.5) is 5.13 Å². The number of hydrogen-bond acceptors (Lipinski definition) is 5. The topological polar surface area (TPSA) is 71.5 Å². The van der Waals surface area contributed by atoms with Crippen molar-refractivity contribution in [1.82, 2.24) is 9.88 Å². The lowest BCUT2D eigenvalue weighted by molar-refractivity contribution is -0.118. The highest BCUT2D eigenvalue weighted by atomic mass is 32.1. The first-order valence-electron chi connectivity index (χ1n) is 10.2. The van der Waals surface area contributed by atoms with Gasteiger partial charge in [-0.1, -0.05) is 41.7 Å². The van der Waals surface area contributed by atoms with Gasteiger partial charge in [-0.25, -0.2) is 4.98 Å². The van der Waals surface area contributed by atoms with E-state index in [1.807, 2.05) is 68.1 Å². The normalized spacial score (nSPS) is 12.9. The molecule has 0 aliphatic carbocycles. The molecule has 31 heavy (non-hydrogen) atoms. The van der Waals surface area contributed by atoms with Crippen LogP contribution in [0.3, 0.4) is 0 Å². The van der Waals surface area contributed by atoms with Crippen LogP contribution in [0.1, 0.15) is 37.6 Å². The molecular formula is C24H25N3O3S. The van der Waals surface area contributed by atoms with Crippen LogP contribution in [0, 0.1) is 20.8 Å². The third-order valence-corrected chi connectivity index (χ3v) is 6.50. The van der Waals surface area contributed by atoms with E-state index in [9.17, 15) is 9.59 Å². The molecule has 1 aliphatic heterocycles. The summed E-state index contributed by atoms with van der Waals surface area (Å²) in [6, 6.07) is 13.3. The van der Waals surface area contributed by atoms with Crippen molar-refractivity contribution in [3.05, 3.63) is 75.3 Å². The molecule has 1 N–H and O–H groups in total. The van der Waals surface area contributed by atoms with E-state index in [1.165, 1.54) is 11.3 Å². The van der Waals surface area contributed by atoms with Crippen molar-refractivity contribution in [2.24, 2.45) is 0 Å². The fraction of sp³-hybridized carbons (Fsp3) is 0.292. The molecule has 1 aromatic heterocycles. The van der Waals surface area contributed by atoms with Crippen molar-refractivity contribution in [3.63, 3.8) is 0 Å². The van der Waals surface area contributed by atoms with Gasteiger partial charge in [0.1, 0.15) is 5.75 Å². The van der Waals surface area contributed by atoms with Crippen LogP contribution in [0.2, 0.25) is 0 Å². The van der Waals surface area contributed by atoms with E-state index in [-0.39, 0.29) is 18.4 Å². The summed E-state index contributed by atoms with van der Waals surface area (Å²) in [5, 5.41) is 3.39. The summed E-state index contributed by atoms with van der Waals surface area (Å²) in [5.41, 5.74) is 4.80. The zero-order valence-corrected chi connectivity index (χ0v) is 18.7. The molecule has 2 aromatic carbocycles. The fourth-order valence-electron chi connectivity index (χ4n) is 3.63. The molecule has 2 heterocycles. The number of carbonyl (C=O) groups excluding carboxylic acids is 2. The quantitative estimate of drug-likeness (QED) is 0.649. The molecule has 6 nitrogen and oxygen atoms in total. The number of hydrogen-bond donors (Lipinski definition) is 1. The van der Waals surface area contributed by atoms with Gasteiger partial charge in [-0.15, -0.1) is 0 Å². The van der Waals surface area contributed by atoms with Crippen LogP contribution >= 0.6 is 11.3 Å². The molecule has 1 aliphatic rings. The van der Waals surface area contributed by atoms with Gasteiger partial charge in [-0.3, -0.25) is 14.9 Å². The smallest absolute Gasteiger partial charge is 0.264 e. The van der Waals surface area contributed by atoms with Crippen molar-refractivity contribution in [2.45, 2.75) is 33.7 Å². The number of rotatable bonds is 5. The lowest BCUT2D eigenvalue weighted by Crippen LogP contribution is -2.35. The number of carbonyl (C=O) groups is 2. The molecule has 3 aromatic rings. The van der Waals surface area contributed by atoms with Gasteiger partial charge in [0.15, 0.2) is 11.7 Å². The van der Waals surface area contributed by atoms with Crippen LogP contribution in [-0.2, 0) is 17.8 Å². The summed E-state index contributed by atoms with van der Waals surface area (Å²) >= 11 is 1.42. The zero-order chi connectivity index (χ0) is 22.0. The molecule has 0 atom stereocenters. The molecule has 4 rings (SSSR count). The van der Waals surface area contributed by atoms with Crippen molar-refractivity contribution in [1.29, 1.82) is 0 Å². The maximum atomic E-state index is 12.7. The average Bonchev–Trinajstić information content (AvgIpc) is 3.17. The van der Waals surface area contributed by atoms with E-state index in [1.54, 1.807) is 0 Å². The second-order valence-electron chi connectivity index (χ2n) is 7.72. The average molecular weight is 436 g/mol. The molecular weight excluding hydrogens is 410 g/mol. The van der Waals surface area contributed by atoms with Crippen molar-refractivity contribution < 1.29 is 14.3 Å². The van der Waals surface area contributed by atoms with Crippen molar-refractivity contribution >= 4 is 28.3 Å². The van der Waals surface area contributed by atoms with Gasteiger partial charge in [-0.05, 0) is 49.6 Å². The largest absolute Gasteiger partial charge is 0.483 e. The first-order chi connectivity index (χ1) is 14.9. The molecule has 0 bridgehead atoms. The summed E-state index contributed by atoms with van der Waals surface area (Å²) in [4.78, 5) is 32.5. The fourth-order valence-corrected chi connectivity index (χ4v) is 4.67. The second kappa shape index (κ2) is 8.89. The second-order valence-corrected chi connectivity index (χ2v) is 8.81. The van der Waals surface area contributed by atoms with E-state index < -0.39 is 0 Å². The maximum absolute atomic E-state index is 12.7. The number of fused-ring (bicyclic) bond motifs is 1. The Bertz CT molecular complexity index is 1120. The first kappa shape index (κ1) is 21.1. The van der Waals surface area contributed by atoms with Gasteiger partial charge in [0.25, 0.3) is 11.8 Å². The minimum Gasteiger partial charge on any atom is -0.483 e. The highest BCUT2D eigenvalue weighted by Crippen LogP contribution is 2.29. The Labute approximate surface area is 185 Å². The number of thiazole rings is 1. The van der Waals surface area contributed by atoms with Crippen LogP contribution in [0.15, 0.2) is 42.5 Å². The number of amides is 2. The van der Waals surface area contributed by atoms with Crippen molar-refractivity contribution in [2.75, 3.05) is 18.5 Å². The molecule has 160 valence electrons. The van der Waals surface area contributed by atoms with Crippen LogP contribution in [-0.4, -0.2) is 34.8 Å². The van der Waals surface area contributed by atoms with Gasteiger partial charge < -0.3 is 9.64 Å². The molecule has 0 unspecified atom stereocenters. The number of nitrogens with zero attached hydrogens (tertiary/aromatic N) is 2. The monoisotopic (exact) mass is 435 g/mol. The molecule has 2 amide bonds. The molecule has 0 saturated carbocycles. The van der Waals surface area contributed by atoms with E-state index in [4.69, 9.17) is 4.74 Å². The van der Waals surface area contributed by atoms with E-state index in [0.717, 1.165) is 33.0 Å². The Balaban J connectivity index is 1.38. The van der Waals surface area contributed by atoms with Gasteiger partial charge in [-0.2, -0.15) is 0 Å². The molecule has 0 spiro atoms. The minimum atomic E-state index is -0.247. The number of aryl methyl sites for hydroxylation is 2. The van der Waals surface area contributed by atoms with Crippen molar-refractivity contribution in [3.8, 4) is 5.75 Å². The summed E-state index contributed by atoms with van der Waals surface area (Å²) in [6.07, 6.45) is 0.679. The van der Waals surface area contributed by atoms with E-state index in [2.05, 4.69) is 10.3 Å². The molecule has 0 radical (unpaired) electrons. The summed E-state index contributed by atoms with van der Waals surface area (Å²) in [6.45, 7) is 7.03. The highest BCUT2D eigenvalue weighted by molar-refractivity contribution is 7.15. The first-order valence-corrected chi connectivity index (χ1v) is 11.1. The van der Waals surface area contributed by atoms with Crippen LogP contribution < -0.4 is 10.1 Å². The summed E-state index contributed by atoms with van der Waals surface area (Å²) in [5.74, 6) is 0.523. The Hall–Kier alpha value is -3.19. The predicted octanol–water partition coefficient (Wildman–Crippen LogP) is 4.28. The van der Waals surface area contributed by atoms with Gasteiger partial charge >= 0.3 is 0 Å². The number of benzene rings is 2.